The summed E-state index contributed by atoms with van der Waals surface area (Å²) in [7, 11) is 0. The predicted molar refractivity (Wildman–Crippen MR) is 112 cm³/mol. The molecule has 0 aliphatic rings. The molecule has 29 heavy (non-hydrogen) atoms. The fourth-order valence-electron chi connectivity index (χ4n) is 3.08. The molecule has 0 saturated heterocycles. The maximum absolute atomic E-state index is 13.5. The molecule has 2 aromatic carbocycles. The number of thiophene rings is 1. The van der Waals surface area contributed by atoms with Crippen molar-refractivity contribution in [3.8, 4) is 11.1 Å². The largest absolute Gasteiger partial charge is 0.418 e. The first-order chi connectivity index (χ1) is 13.7. The highest BCUT2D eigenvalue weighted by atomic mass is 35.5. The van der Waals surface area contributed by atoms with E-state index in [0.717, 1.165) is 22.8 Å². The molecule has 0 saturated carbocycles. The lowest BCUT2D eigenvalue weighted by Gasteiger charge is -2.15. The molecule has 0 unspecified atom stereocenters. The first-order valence-corrected chi connectivity index (χ1v) is 9.93. The number of alkyl halides is 3. The number of anilines is 2. The maximum Gasteiger partial charge on any atom is 0.418 e. The van der Waals surface area contributed by atoms with E-state index in [2.05, 4.69) is 21.4 Å². The van der Waals surface area contributed by atoms with Crippen molar-refractivity contribution in [2.45, 2.75) is 20.0 Å². The molecule has 0 atom stereocenters. The quantitative estimate of drug-likeness (QED) is 0.366. The average molecular weight is 434 g/mol. The van der Waals surface area contributed by atoms with Crippen molar-refractivity contribution < 1.29 is 13.2 Å². The van der Waals surface area contributed by atoms with Gasteiger partial charge in [-0.05, 0) is 48.7 Å². The Bertz CT molecular complexity index is 1220. The molecule has 2 aromatic heterocycles. The molecule has 4 rings (SSSR count). The van der Waals surface area contributed by atoms with Gasteiger partial charge in [0.15, 0.2) is 0 Å². The van der Waals surface area contributed by atoms with Crippen molar-refractivity contribution in [2.24, 2.45) is 0 Å². The zero-order valence-corrected chi connectivity index (χ0v) is 17.0. The first-order valence-electron chi connectivity index (χ1n) is 8.67. The molecule has 4 aromatic rings. The van der Waals surface area contributed by atoms with Crippen LogP contribution in [0, 0.1) is 13.8 Å². The van der Waals surface area contributed by atoms with Gasteiger partial charge in [-0.3, -0.25) is 0 Å². The van der Waals surface area contributed by atoms with Crippen LogP contribution in [0.2, 0.25) is 5.02 Å². The summed E-state index contributed by atoms with van der Waals surface area (Å²) >= 11 is 7.21. The highest BCUT2D eigenvalue weighted by molar-refractivity contribution is 7.17. The summed E-state index contributed by atoms with van der Waals surface area (Å²) in [5.74, 6) is 0.317. The Labute approximate surface area is 174 Å². The number of benzene rings is 2. The Balaban J connectivity index is 1.86. The fourth-order valence-corrected chi connectivity index (χ4v) is 4.17. The van der Waals surface area contributed by atoms with Gasteiger partial charge in [-0.25, -0.2) is 9.97 Å². The molecule has 3 nitrogen and oxygen atoms in total. The van der Waals surface area contributed by atoms with Crippen LogP contribution in [-0.2, 0) is 6.18 Å². The molecule has 0 amide bonds. The molecule has 0 aliphatic carbocycles. The van der Waals surface area contributed by atoms with Crippen LogP contribution in [0.5, 0.6) is 0 Å². The maximum atomic E-state index is 13.5. The van der Waals surface area contributed by atoms with Gasteiger partial charge in [0.1, 0.15) is 17.0 Å². The molecule has 0 aliphatic heterocycles. The number of nitrogens with zero attached hydrogens (tertiary/aromatic N) is 2. The zero-order valence-electron chi connectivity index (χ0n) is 15.4. The van der Waals surface area contributed by atoms with E-state index >= 15 is 0 Å². The Kier molecular flexibility index (Phi) is 4.96. The second kappa shape index (κ2) is 7.31. The van der Waals surface area contributed by atoms with Crippen LogP contribution in [-0.4, -0.2) is 9.97 Å². The number of nitrogens with one attached hydrogen (secondary N) is 1. The number of fused-ring (bicyclic) bond motifs is 1. The van der Waals surface area contributed by atoms with Gasteiger partial charge in [0.2, 0.25) is 0 Å². The van der Waals surface area contributed by atoms with E-state index in [1.807, 2.05) is 31.4 Å². The third-order valence-electron chi connectivity index (χ3n) is 4.73. The molecule has 0 fully saturated rings. The molecule has 0 spiro atoms. The van der Waals surface area contributed by atoms with E-state index in [1.165, 1.54) is 35.4 Å². The molecular formula is C21H15ClF3N3S. The van der Waals surface area contributed by atoms with E-state index in [-0.39, 0.29) is 10.7 Å². The standard InChI is InChI=1S/C21H15ClF3N3S/c1-11-3-4-13(7-12(11)2)15-9-29-20-18(15)19(26-10-27-20)28-17-6-5-14(22)8-16(17)21(23,24)25/h3-10H,1-2H3,(H,26,27,28). The van der Waals surface area contributed by atoms with Crippen molar-refractivity contribution in [3.63, 3.8) is 0 Å². The minimum absolute atomic E-state index is 0.0158. The summed E-state index contributed by atoms with van der Waals surface area (Å²) < 4.78 is 40.4. The highest BCUT2D eigenvalue weighted by Gasteiger charge is 2.34. The van der Waals surface area contributed by atoms with E-state index in [0.29, 0.717) is 16.0 Å². The van der Waals surface area contributed by atoms with Crippen molar-refractivity contribution in [3.05, 3.63) is 69.8 Å². The molecule has 2 heterocycles. The van der Waals surface area contributed by atoms with Crippen LogP contribution in [0.25, 0.3) is 21.3 Å². The average Bonchev–Trinajstić information content (AvgIpc) is 3.10. The van der Waals surface area contributed by atoms with Crippen LogP contribution >= 0.6 is 22.9 Å². The highest BCUT2D eigenvalue weighted by Crippen LogP contribution is 2.41. The van der Waals surface area contributed by atoms with Gasteiger partial charge in [0.25, 0.3) is 0 Å². The van der Waals surface area contributed by atoms with Gasteiger partial charge >= 0.3 is 6.18 Å². The van der Waals surface area contributed by atoms with Crippen LogP contribution in [0.15, 0.2) is 48.1 Å². The van der Waals surface area contributed by atoms with Gasteiger partial charge in [-0.1, -0.05) is 29.8 Å². The minimum Gasteiger partial charge on any atom is -0.339 e. The van der Waals surface area contributed by atoms with Gasteiger partial charge in [-0.2, -0.15) is 13.2 Å². The number of halogens is 4. The molecule has 0 bridgehead atoms. The number of hydrogen-bond donors (Lipinski definition) is 1. The zero-order chi connectivity index (χ0) is 20.8. The summed E-state index contributed by atoms with van der Waals surface area (Å²) in [6, 6.07) is 9.68. The lowest BCUT2D eigenvalue weighted by molar-refractivity contribution is -0.136. The Morgan fingerprint density at radius 2 is 1.79 bits per heavy atom. The van der Waals surface area contributed by atoms with Crippen molar-refractivity contribution in [1.29, 1.82) is 0 Å². The van der Waals surface area contributed by atoms with Gasteiger partial charge in [-0.15, -0.1) is 11.3 Å². The topological polar surface area (TPSA) is 37.8 Å². The number of aryl methyl sites for hydroxylation is 2. The van der Waals surface area contributed by atoms with Crippen LogP contribution in [0.4, 0.5) is 24.7 Å². The van der Waals surface area contributed by atoms with Crippen LogP contribution in [0.1, 0.15) is 16.7 Å². The summed E-state index contributed by atoms with van der Waals surface area (Å²) in [5, 5.41) is 5.49. The van der Waals surface area contributed by atoms with E-state index in [4.69, 9.17) is 11.6 Å². The SMILES string of the molecule is Cc1ccc(-c2csc3ncnc(Nc4ccc(Cl)cc4C(F)(F)F)c23)cc1C. The Hall–Kier alpha value is -2.64. The molecule has 1 N–H and O–H groups in total. The van der Waals surface area contributed by atoms with Crippen molar-refractivity contribution in [1.82, 2.24) is 9.97 Å². The third kappa shape index (κ3) is 3.80. The smallest absolute Gasteiger partial charge is 0.339 e. The second-order valence-electron chi connectivity index (χ2n) is 6.66. The summed E-state index contributed by atoms with van der Waals surface area (Å²) in [6.07, 6.45) is -3.21. The summed E-state index contributed by atoms with van der Waals surface area (Å²) in [6.45, 7) is 4.05. The Morgan fingerprint density at radius 3 is 2.52 bits per heavy atom. The van der Waals surface area contributed by atoms with Gasteiger partial charge in [0, 0.05) is 16.0 Å². The van der Waals surface area contributed by atoms with Gasteiger partial charge < -0.3 is 5.32 Å². The van der Waals surface area contributed by atoms with Crippen molar-refractivity contribution in [2.75, 3.05) is 5.32 Å². The predicted octanol–water partition coefficient (Wildman–Crippen LogP) is 7.39. The molecule has 8 heteroatoms. The van der Waals surface area contributed by atoms with E-state index in [1.54, 1.807) is 0 Å². The summed E-state index contributed by atoms with van der Waals surface area (Å²) in [4.78, 5) is 9.20. The van der Waals surface area contributed by atoms with Crippen LogP contribution < -0.4 is 5.32 Å². The summed E-state index contributed by atoms with van der Waals surface area (Å²) in [5.41, 5.74) is 3.17. The second-order valence-corrected chi connectivity index (χ2v) is 7.96. The Morgan fingerprint density at radius 1 is 1.00 bits per heavy atom. The number of rotatable bonds is 3. The lowest BCUT2D eigenvalue weighted by Crippen LogP contribution is -2.09. The lowest BCUT2D eigenvalue weighted by atomic mass is 10.0. The van der Waals surface area contributed by atoms with Gasteiger partial charge in [0.05, 0.1) is 16.6 Å². The molecule has 148 valence electrons. The van der Waals surface area contributed by atoms with Crippen molar-refractivity contribution >= 4 is 44.7 Å². The molecule has 0 radical (unpaired) electrons. The molecular weight excluding hydrogens is 419 g/mol. The number of aromatic nitrogens is 2. The third-order valence-corrected chi connectivity index (χ3v) is 5.85. The van der Waals surface area contributed by atoms with Crippen LogP contribution in [0.3, 0.4) is 0 Å². The fraction of sp³-hybridized carbons (Fsp3) is 0.143. The normalized spacial score (nSPS) is 11.8. The van der Waals surface area contributed by atoms with E-state index in [9.17, 15) is 13.2 Å². The number of hydrogen-bond acceptors (Lipinski definition) is 4. The minimum atomic E-state index is -4.55. The monoisotopic (exact) mass is 433 g/mol. The van der Waals surface area contributed by atoms with E-state index < -0.39 is 11.7 Å². The first kappa shape index (κ1) is 19.7.